The van der Waals surface area contributed by atoms with Crippen LogP contribution < -0.4 is 10.1 Å². The van der Waals surface area contributed by atoms with E-state index in [0.29, 0.717) is 5.56 Å². The number of carbonyl (C=O) groups excluding carboxylic acids is 1. The lowest BCUT2D eigenvalue weighted by Crippen LogP contribution is -2.37. The predicted molar refractivity (Wildman–Crippen MR) is 70.7 cm³/mol. The number of ether oxygens (including phenoxy) is 1. The molecular formula is C14H18N2O2. The minimum atomic E-state index is 0.00824. The van der Waals surface area contributed by atoms with Gasteiger partial charge in [-0.2, -0.15) is 0 Å². The van der Waals surface area contributed by atoms with Crippen LogP contribution in [-0.2, 0) is 0 Å². The lowest BCUT2D eigenvalue weighted by Gasteiger charge is -2.28. The zero-order chi connectivity index (χ0) is 13.0. The van der Waals surface area contributed by atoms with E-state index >= 15 is 0 Å². The van der Waals surface area contributed by atoms with E-state index in [2.05, 4.69) is 10.2 Å². The van der Waals surface area contributed by atoms with E-state index in [1.807, 2.05) is 7.05 Å². The Morgan fingerprint density at radius 2 is 2.11 bits per heavy atom. The third-order valence-corrected chi connectivity index (χ3v) is 3.03. The minimum absolute atomic E-state index is 0.00824. The fourth-order valence-electron chi connectivity index (χ4n) is 1.91. The van der Waals surface area contributed by atoms with Crippen LogP contribution >= 0.6 is 0 Å². The molecule has 1 aromatic rings. The van der Waals surface area contributed by atoms with Gasteiger partial charge in [0.15, 0.2) is 5.78 Å². The second kappa shape index (κ2) is 5.58. The molecule has 0 amide bonds. The third kappa shape index (κ3) is 2.83. The molecule has 1 aliphatic rings. The van der Waals surface area contributed by atoms with Gasteiger partial charge in [0.25, 0.3) is 0 Å². The predicted octanol–water partition coefficient (Wildman–Crippen LogP) is 1.64. The molecule has 1 heterocycles. The van der Waals surface area contributed by atoms with Crippen molar-refractivity contribution in [3.8, 4) is 5.75 Å². The molecule has 18 heavy (non-hydrogen) atoms. The van der Waals surface area contributed by atoms with Crippen molar-refractivity contribution >= 4 is 5.78 Å². The summed E-state index contributed by atoms with van der Waals surface area (Å²) in [6.07, 6.45) is 2.76. The normalized spacial score (nSPS) is 17.4. The van der Waals surface area contributed by atoms with Crippen molar-refractivity contribution < 1.29 is 9.53 Å². The van der Waals surface area contributed by atoms with Gasteiger partial charge in [-0.25, -0.2) is 0 Å². The second-order valence-electron chi connectivity index (χ2n) is 4.32. The van der Waals surface area contributed by atoms with Crippen molar-refractivity contribution in [3.63, 3.8) is 0 Å². The number of allylic oxidation sites excluding steroid dienone is 1. The fraction of sp³-hybridized carbons (Fsp3) is 0.357. The first-order valence-electron chi connectivity index (χ1n) is 6.06. The first-order valence-corrected chi connectivity index (χ1v) is 6.06. The molecule has 4 heteroatoms. The minimum Gasteiger partial charge on any atom is -0.497 e. The van der Waals surface area contributed by atoms with Crippen molar-refractivity contribution in [1.82, 2.24) is 10.2 Å². The Morgan fingerprint density at radius 1 is 1.39 bits per heavy atom. The van der Waals surface area contributed by atoms with E-state index in [4.69, 9.17) is 4.74 Å². The summed E-state index contributed by atoms with van der Waals surface area (Å²) < 4.78 is 5.07. The van der Waals surface area contributed by atoms with Crippen LogP contribution in [0.3, 0.4) is 0 Å². The van der Waals surface area contributed by atoms with E-state index < -0.39 is 0 Å². The molecule has 1 saturated heterocycles. The third-order valence-electron chi connectivity index (χ3n) is 3.03. The average molecular weight is 246 g/mol. The molecule has 0 spiro atoms. The van der Waals surface area contributed by atoms with E-state index in [9.17, 15) is 4.79 Å². The zero-order valence-corrected chi connectivity index (χ0v) is 10.8. The molecule has 0 saturated carbocycles. The summed E-state index contributed by atoms with van der Waals surface area (Å²) >= 11 is 0. The van der Waals surface area contributed by atoms with Crippen LogP contribution in [0.25, 0.3) is 0 Å². The molecule has 1 N–H and O–H groups in total. The lowest BCUT2D eigenvalue weighted by molar-refractivity contribution is 0.104. The molecule has 96 valence electrons. The van der Waals surface area contributed by atoms with Crippen LogP contribution in [0, 0.1) is 0 Å². The van der Waals surface area contributed by atoms with Gasteiger partial charge in [-0.3, -0.25) is 4.79 Å². The Kier molecular flexibility index (Phi) is 3.87. The molecule has 1 aromatic carbocycles. The molecule has 0 bridgehead atoms. The number of methoxy groups -OCH3 is 1. The molecule has 2 rings (SSSR count). The van der Waals surface area contributed by atoms with Crippen LogP contribution in [0.15, 0.2) is 36.2 Å². The van der Waals surface area contributed by atoms with E-state index in [-0.39, 0.29) is 5.78 Å². The summed E-state index contributed by atoms with van der Waals surface area (Å²) in [5, 5.41) is 3.23. The highest BCUT2D eigenvalue weighted by Gasteiger charge is 2.12. The van der Waals surface area contributed by atoms with Gasteiger partial charge in [0.1, 0.15) is 11.6 Å². The Bertz CT molecular complexity index is 451. The van der Waals surface area contributed by atoms with Gasteiger partial charge in [-0.15, -0.1) is 0 Å². The van der Waals surface area contributed by atoms with Crippen LogP contribution in [0.2, 0.25) is 0 Å². The van der Waals surface area contributed by atoms with Gasteiger partial charge in [-0.1, -0.05) is 0 Å². The summed E-state index contributed by atoms with van der Waals surface area (Å²) in [7, 11) is 3.60. The van der Waals surface area contributed by atoms with Crippen LogP contribution in [-0.4, -0.2) is 37.9 Å². The maximum absolute atomic E-state index is 12.1. The second-order valence-corrected chi connectivity index (χ2v) is 4.32. The number of benzene rings is 1. The van der Waals surface area contributed by atoms with Gasteiger partial charge in [0, 0.05) is 31.8 Å². The largest absolute Gasteiger partial charge is 0.497 e. The molecular weight excluding hydrogens is 228 g/mol. The quantitative estimate of drug-likeness (QED) is 0.650. The van der Waals surface area contributed by atoms with Crippen LogP contribution in [0.5, 0.6) is 5.75 Å². The number of hydrogen-bond acceptors (Lipinski definition) is 4. The highest BCUT2D eigenvalue weighted by Crippen LogP contribution is 2.13. The van der Waals surface area contributed by atoms with Crippen LogP contribution in [0.1, 0.15) is 16.8 Å². The Morgan fingerprint density at radius 3 is 2.72 bits per heavy atom. The van der Waals surface area contributed by atoms with E-state index in [1.54, 1.807) is 37.5 Å². The van der Waals surface area contributed by atoms with Crippen LogP contribution in [0.4, 0.5) is 0 Å². The number of nitrogens with one attached hydrogen (secondary N) is 1. The van der Waals surface area contributed by atoms with Crippen molar-refractivity contribution in [2.24, 2.45) is 0 Å². The fourth-order valence-corrected chi connectivity index (χ4v) is 1.91. The molecule has 0 radical (unpaired) electrons. The summed E-state index contributed by atoms with van der Waals surface area (Å²) in [6, 6.07) is 7.15. The van der Waals surface area contributed by atoms with E-state index in [0.717, 1.165) is 31.1 Å². The molecule has 0 unspecified atom stereocenters. The van der Waals surface area contributed by atoms with Crippen molar-refractivity contribution in [2.45, 2.75) is 6.42 Å². The Labute approximate surface area is 107 Å². The highest BCUT2D eigenvalue weighted by molar-refractivity contribution is 6.04. The first kappa shape index (κ1) is 12.5. The van der Waals surface area contributed by atoms with Gasteiger partial charge >= 0.3 is 0 Å². The van der Waals surface area contributed by atoms with Gasteiger partial charge in [0.05, 0.1) is 7.11 Å². The smallest absolute Gasteiger partial charge is 0.189 e. The summed E-state index contributed by atoms with van der Waals surface area (Å²) in [5.74, 6) is 1.66. The molecule has 4 nitrogen and oxygen atoms in total. The summed E-state index contributed by atoms with van der Waals surface area (Å²) in [5.41, 5.74) is 0.670. The van der Waals surface area contributed by atoms with Crippen molar-refractivity contribution in [1.29, 1.82) is 0 Å². The number of ketones is 1. The number of nitrogens with zero attached hydrogens (tertiary/aromatic N) is 1. The molecule has 1 fully saturated rings. The number of rotatable bonds is 3. The molecule has 0 aromatic heterocycles. The monoisotopic (exact) mass is 246 g/mol. The van der Waals surface area contributed by atoms with Gasteiger partial charge in [-0.05, 0) is 30.7 Å². The highest BCUT2D eigenvalue weighted by atomic mass is 16.5. The standard InChI is InChI=1S/C14H18N2O2/c1-16-9-3-8-15-14(16)10-13(17)11-4-6-12(18-2)7-5-11/h4-7,10,15H,3,8-9H2,1-2H3/b14-10+. The maximum atomic E-state index is 12.1. The average Bonchev–Trinajstić information content (AvgIpc) is 2.41. The SMILES string of the molecule is COc1ccc(C(=O)/C=C2\NCCCN2C)cc1. The Balaban J connectivity index is 2.12. The molecule has 0 aliphatic carbocycles. The maximum Gasteiger partial charge on any atom is 0.189 e. The Hall–Kier alpha value is -1.97. The number of hydrogen-bond donors (Lipinski definition) is 1. The van der Waals surface area contributed by atoms with Gasteiger partial charge in [0.2, 0.25) is 0 Å². The van der Waals surface area contributed by atoms with Gasteiger partial charge < -0.3 is 15.0 Å². The molecule has 1 aliphatic heterocycles. The van der Waals surface area contributed by atoms with Crippen molar-refractivity contribution in [2.75, 3.05) is 27.2 Å². The summed E-state index contributed by atoms with van der Waals surface area (Å²) in [6.45, 7) is 1.90. The topological polar surface area (TPSA) is 41.6 Å². The zero-order valence-electron chi connectivity index (χ0n) is 10.8. The number of carbonyl (C=O) groups is 1. The van der Waals surface area contributed by atoms with E-state index in [1.165, 1.54) is 0 Å². The summed E-state index contributed by atoms with van der Waals surface area (Å²) in [4.78, 5) is 14.1. The first-order chi connectivity index (χ1) is 8.70. The molecule has 0 atom stereocenters. The lowest BCUT2D eigenvalue weighted by atomic mass is 10.1. The van der Waals surface area contributed by atoms with Crippen molar-refractivity contribution in [3.05, 3.63) is 41.7 Å².